The van der Waals surface area contributed by atoms with E-state index in [1.807, 2.05) is 22.7 Å². The summed E-state index contributed by atoms with van der Waals surface area (Å²) in [6.45, 7) is 3.46. The van der Waals surface area contributed by atoms with Gasteiger partial charge in [0, 0.05) is 38.0 Å². The number of rotatable bonds is 3. The molecule has 0 aliphatic carbocycles. The summed E-state index contributed by atoms with van der Waals surface area (Å²) in [6.07, 6.45) is 3.22. The molecule has 0 aromatic carbocycles. The molecule has 1 fully saturated rings. The van der Waals surface area contributed by atoms with Crippen molar-refractivity contribution in [3.8, 4) is 11.4 Å². The van der Waals surface area contributed by atoms with Crippen LogP contribution in [0.5, 0.6) is 0 Å². The second-order valence-corrected chi connectivity index (χ2v) is 5.30. The summed E-state index contributed by atoms with van der Waals surface area (Å²) in [4.78, 5) is 15.0. The molecule has 3 aromatic rings. The number of aromatic nitrogens is 5. The van der Waals surface area contributed by atoms with Gasteiger partial charge in [-0.1, -0.05) is 0 Å². The van der Waals surface area contributed by atoms with E-state index in [1.165, 1.54) is 6.33 Å². The van der Waals surface area contributed by atoms with Gasteiger partial charge in [-0.25, -0.2) is 15.0 Å². The summed E-state index contributed by atoms with van der Waals surface area (Å²) in [5.74, 6) is 0.985. The maximum atomic E-state index is 5.80. The van der Waals surface area contributed by atoms with Gasteiger partial charge in [-0.3, -0.25) is 0 Å². The highest BCUT2D eigenvalue weighted by Gasteiger charge is 2.18. The number of fused-ring (bicyclic) bond motifs is 1. The fraction of sp³-hybridized carbons (Fsp3) is 0.333. The third kappa shape index (κ3) is 2.62. The largest absolute Gasteiger partial charge is 0.378 e. The quantitative estimate of drug-likeness (QED) is 0.752. The highest BCUT2D eigenvalue weighted by Crippen LogP contribution is 2.23. The van der Waals surface area contributed by atoms with Gasteiger partial charge in [0.2, 0.25) is 0 Å². The van der Waals surface area contributed by atoms with E-state index in [4.69, 9.17) is 10.5 Å². The SMILES string of the molecule is NCc1cc(N2CCOCC2)n2nc(-c3ccncn3)cc2n1. The van der Waals surface area contributed by atoms with Gasteiger partial charge in [0.1, 0.15) is 17.8 Å². The summed E-state index contributed by atoms with van der Waals surface area (Å²) >= 11 is 0. The van der Waals surface area contributed by atoms with Gasteiger partial charge < -0.3 is 15.4 Å². The van der Waals surface area contributed by atoms with E-state index in [0.29, 0.717) is 19.8 Å². The highest BCUT2D eigenvalue weighted by atomic mass is 16.5. The fourth-order valence-electron chi connectivity index (χ4n) is 2.70. The van der Waals surface area contributed by atoms with Crippen molar-refractivity contribution in [1.29, 1.82) is 0 Å². The molecule has 1 aliphatic rings. The average molecular weight is 311 g/mol. The van der Waals surface area contributed by atoms with Crippen LogP contribution in [0.4, 0.5) is 5.82 Å². The van der Waals surface area contributed by atoms with Crippen LogP contribution in [0, 0.1) is 0 Å². The Labute approximate surface area is 132 Å². The number of nitrogens with zero attached hydrogens (tertiary/aromatic N) is 6. The molecule has 8 nitrogen and oxygen atoms in total. The number of nitrogens with two attached hydrogens (primary N) is 1. The molecule has 3 aromatic heterocycles. The van der Waals surface area contributed by atoms with Crippen LogP contribution >= 0.6 is 0 Å². The first-order valence-corrected chi connectivity index (χ1v) is 7.54. The number of anilines is 1. The van der Waals surface area contributed by atoms with Gasteiger partial charge in [0.05, 0.1) is 24.6 Å². The van der Waals surface area contributed by atoms with Crippen LogP contribution in [0.15, 0.2) is 30.7 Å². The predicted molar refractivity (Wildman–Crippen MR) is 84.9 cm³/mol. The molecule has 4 rings (SSSR count). The third-order valence-corrected chi connectivity index (χ3v) is 3.85. The Morgan fingerprint density at radius 2 is 2.04 bits per heavy atom. The lowest BCUT2D eigenvalue weighted by Crippen LogP contribution is -2.37. The van der Waals surface area contributed by atoms with Crippen molar-refractivity contribution in [1.82, 2.24) is 24.6 Å². The Kier molecular flexibility index (Phi) is 3.60. The van der Waals surface area contributed by atoms with Crippen molar-refractivity contribution in [2.24, 2.45) is 5.73 Å². The monoisotopic (exact) mass is 311 g/mol. The van der Waals surface area contributed by atoms with Gasteiger partial charge in [0.25, 0.3) is 0 Å². The molecule has 0 saturated carbocycles. The van der Waals surface area contributed by atoms with E-state index >= 15 is 0 Å². The topological polar surface area (TPSA) is 94.5 Å². The van der Waals surface area contributed by atoms with Gasteiger partial charge in [0.15, 0.2) is 5.65 Å². The maximum Gasteiger partial charge on any atom is 0.158 e. The van der Waals surface area contributed by atoms with E-state index in [0.717, 1.165) is 41.6 Å². The van der Waals surface area contributed by atoms with E-state index in [2.05, 4.69) is 25.0 Å². The first-order valence-electron chi connectivity index (χ1n) is 7.54. The smallest absolute Gasteiger partial charge is 0.158 e. The molecule has 0 radical (unpaired) electrons. The molecule has 0 bridgehead atoms. The first kappa shape index (κ1) is 14.0. The molecular formula is C15H17N7O. The van der Waals surface area contributed by atoms with Crippen LogP contribution in [0.3, 0.4) is 0 Å². The summed E-state index contributed by atoms with van der Waals surface area (Å²) < 4.78 is 7.28. The Morgan fingerprint density at radius 3 is 2.78 bits per heavy atom. The average Bonchev–Trinajstić information content (AvgIpc) is 3.06. The predicted octanol–water partition coefficient (Wildman–Crippen LogP) is 0.482. The minimum atomic E-state index is 0.391. The Hall–Kier alpha value is -2.58. The lowest BCUT2D eigenvalue weighted by atomic mass is 10.3. The molecule has 0 unspecified atom stereocenters. The third-order valence-electron chi connectivity index (χ3n) is 3.85. The Bertz CT molecular complexity index is 811. The van der Waals surface area contributed by atoms with Crippen LogP contribution in [0.1, 0.15) is 5.69 Å². The lowest BCUT2D eigenvalue weighted by Gasteiger charge is -2.29. The molecule has 2 N–H and O–H groups in total. The second-order valence-electron chi connectivity index (χ2n) is 5.30. The maximum absolute atomic E-state index is 5.80. The molecule has 0 atom stereocenters. The Balaban J connectivity index is 1.85. The number of hydrogen-bond donors (Lipinski definition) is 1. The van der Waals surface area contributed by atoms with E-state index in [1.54, 1.807) is 6.20 Å². The zero-order valence-electron chi connectivity index (χ0n) is 12.6. The molecular weight excluding hydrogens is 294 g/mol. The lowest BCUT2D eigenvalue weighted by molar-refractivity contribution is 0.122. The van der Waals surface area contributed by atoms with Gasteiger partial charge in [-0.15, -0.1) is 0 Å². The van der Waals surface area contributed by atoms with Gasteiger partial charge >= 0.3 is 0 Å². The van der Waals surface area contributed by atoms with E-state index < -0.39 is 0 Å². The first-order chi connectivity index (χ1) is 11.3. The van der Waals surface area contributed by atoms with Crippen LogP contribution in [0.2, 0.25) is 0 Å². The van der Waals surface area contributed by atoms with Crippen LogP contribution in [-0.4, -0.2) is 50.9 Å². The van der Waals surface area contributed by atoms with Crippen molar-refractivity contribution < 1.29 is 4.74 Å². The second kappa shape index (κ2) is 5.90. The van der Waals surface area contributed by atoms with Crippen molar-refractivity contribution in [2.45, 2.75) is 6.54 Å². The normalized spacial score (nSPS) is 15.3. The van der Waals surface area contributed by atoms with Crippen molar-refractivity contribution >= 4 is 11.5 Å². The zero-order valence-corrected chi connectivity index (χ0v) is 12.6. The zero-order chi connectivity index (χ0) is 15.6. The number of ether oxygens (including phenoxy) is 1. The molecule has 8 heteroatoms. The van der Waals surface area contributed by atoms with Crippen molar-refractivity contribution in [3.05, 3.63) is 36.4 Å². The summed E-state index contributed by atoms with van der Waals surface area (Å²) in [7, 11) is 0. The van der Waals surface area contributed by atoms with Crippen LogP contribution in [-0.2, 0) is 11.3 Å². The molecule has 4 heterocycles. The highest BCUT2D eigenvalue weighted by molar-refractivity contribution is 5.63. The molecule has 23 heavy (non-hydrogen) atoms. The summed E-state index contributed by atoms with van der Waals surface area (Å²) in [6, 6.07) is 5.75. The minimum absolute atomic E-state index is 0.391. The molecule has 0 spiro atoms. The van der Waals surface area contributed by atoms with Gasteiger partial charge in [-0.2, -0.15) is 9.61 Å². The van der Waals surface area contributed by atoms with Gasteiger partial charge in [-0.05, 0) is 6.07 Å². The molecule has 1 aliphatic heterocycles. The standard InChI is InChI=1S/C15H17N7O/c16-9-11-7-15(21-3-5-23-6-4-21)22-14(19-11)8-13(20-22)12-1-2-17-10-18-12/h1-2,7-8,10H,3-6,9,16H2. The summed E-state index contributed by atoms with van der Waals surface area (Å²) in [5, 5.41) is 4.67. The van der Waals surface area contributed by atoms with E-state index in [-0.39, 0.29) is 0 Å². The van der Waals surface area contributed by atoms with Crippen molar-refractivity contribution in [2.75, 3.05) is 31.2 Å². The molecule has 118 valence electrons. The minimum Gasteiger partial charge on any atom is -0.378 e. The number of morpholine rings is 1. The van der Waals surface area contributed by atoms with Crippen LogP contribution in [0.25, 0.3) is 17.0 Å². The number of hydrogen-bond acceptors (Lipinski definition) is 7. The van der Waals surface area contributed by atoms with E-state index in [9.17, 15) is 0 Å². The molecule has 0 amide bonds. The molecule has 1 saturated heterocycles. The fourth-order valence-corrected chi connectivity index (χ4v) is 2.70. The van der Waals surface area contributed by atoms with Crippen LogP contribution < -0.4 is 10.6 Å². The van der Waals surface area contributed by atoms with Crippen molar-refractivity contribution in [3.63, 3.8) is 0 Å². The Morgan fingerprint density at radius 1 is 1.17 bits per heavy atom. The summed E-state index contributed by atoms with van der Waals surface area (Å²) in [5.41, 5.74) is 8.95.